The Morgan fingerprint density at radius 2 is 2.11 bits per heavy atom. The summed E-state index contributed by atoms with van der Waals surface area (Å²) in [5.74, 6) is 1.63. The van der Waals surface area contributed by atoms with Crippen LogP contribution in [0.1, 0.15) is 42.6 Å². The van der Waals surface area contributed by atoms with E-state index >= 15 is 0 Å². The molecule has 28 heavy (non-hydrogen) atoms. The highest BCUT2D eigenvalue weighted by molar-refractivity contribution is 5.41. The van der Waals surface area contributed by atoms with Gasteiger partial charge in [-0.15, -0.1) is 0 Å². The lowest BCUT2D eigenvalue weighted by atomic mass is 9.85. The minimum atomic E-state index is -0.966. The molecule has 1 fully saturated rings. The van der Waals surface area contributed by atoms with E-state index in [-0.39, 0.29) is 6.10 Å². The molecule has 0 aliphatic carbocycles. The predicted octanol–water partition coefficient (Wildman–Crippen LogP) is 3.04. The quantitative estimate of drug-likeness (QED) is 0.831. The van der Waals surface area contributed by atoms with Crippen LogP contribution < -0.4 is 9.47 Å². The number of methoxy groups -OCH3 is 1. The molecule has 2 aromatic carbocycles. The van der Waals surface area contributed by atoms with Gasteiger partial charge in [-0.2, -0.15) is 0 Å². The van der Waals surface area contributed by atoms with Crippen LogP contribution in [0.3, 0.4) is 0 Å². The van der Waals surface area contributed by atoms with Gasteiger partial charge in [0.1, 0.15) is 23.2 Å². The Labute approximate surface area is 166 Å². The highest BCUT2D eigenvalue weighted by Crippen LogP contribution is 2.37. The first-order valence-corrected chi connectivity index (χ1v) is 10.0. The van der Waals surface area contributed by atoms with Gasteiger partial charge in [-0.3, -0.25) is 4.90 Å². The smallest absolute Gasteiger partial charge is 0.124 e. The minimum Gasteiger partial charge on any atom is -0.496 e. The second-order valence-electron chi connectivity index (χ2n) is 8.09. The van der Waals surface area contributed by atoms with Gasteiger partial charge in [-0.1, -0.05) is 24.3 Å². The van der Waals surface area contributed by atoms with Gasteiger partial charge in [-0.05, 0) is 55.6 Å². The standard InChI is InChI=1S/C23H29NO4/c1-16-12-18-13-17(8-9-21(18)28-16)20(25)14-24-11-5-10-23(26,15-24)19-6-3-4-7-22(19)27-2/h3-4,6-9,13,16,20,25-26H,5,10-12,14-15H2,1-2H3/t16-,20+,23-/m0/s1. The van der Waals surface area contributed by atoms with E-state index in [0.717, 1.165) is 41.8 Å². The summed E-state index contributed by atoms with van der Waals surface area (Å²) in [4.78, 5) is 2.15. The number of β-amino-alcohol motifs (C(OH)–C–C–N with tert-alkyl or cyclic N) is 2. The number of para-hydroxylation sites is 1. The summed E-state index contributed by atoms with van der Waals surface area (Å²) in [5, 5.41) is 22.2. The summed E-state index contributed by atoms with van der Waals surface area (Å²) in [6.45, 7) is 3.89. The molecule has 150 valence electrons. The molecule has 2 N–H and O–H groups in total. The van der Waals surface area contributed by atoms with Crippen LogP contribution in [0.15, 0.2) is 42.5 Å². The Kier molecular flexibility index (Phi) is 5.32. The van der Waals surface area contributed by atoms with Gasteiger partial charge in [0.15, 0.2) is 0 Å². The van der Waals surface area contributed by atoms with Crippen molar-refractivity contribution in [3.8, 4) is 11.5 Å². The minimum absolute atomic E-state index is 0.195. The first-order valence-electron chi connectivity index (χ1n) is 10.0. The van der Waals surface area contributed by atoms with E-state index in [2.05, 4.69) is 17.9 Å². The molecule has 0 spiro atoms. The van der Waals surface area contributed by atoms with Crippen molar-refractivity contribution in [2.75, 3.05) is 26.7 Å². The molecule has 5 heteroatoms. The molecule has 0 amide bonds. The van der Waals surface area contributed by atoms with Crippen LogP contribution in [0.5, 0.6) is 11.5 Å². The Balaban J connectivity index is 1.47. The van der Waals surface area contributed by atoms with E-state index in [0.29, 0.717) is 25.3 Å². The number of hydrogen-bond acceptors (Lipinski definition) is 5. The molecule has 2 aliphatic rings. The van der Waals surface area contributed by atoms with Crippen molar-refractivity contribution in [3.63, 3.8) is 0 Å². The SMILES string of the molecule is COc1ccccc1[C@]1(O)CCCN(C[C@@H](O)c2ccc3c(c2)C[C@H](C)O3)C1. The number of piperidine rings is 1. The molecule has 5 nitrogen and oxygen atoms in total. The fourth-order valence-electron chi connectivity index (χ4n) is 4.53. The monoisotopic (exact) mass is 383 g/mol. The maximum absolute atomic E-state index is 11.3. The van der Waals surface area contributed by atoms with Gasteiger partial charge >= 0.3 is 0 Å². The predicted molar refractivity (Wildman–Crippen MR) is 108 cm³/mol. The van der Waals surface area contributed by atoms with Crippen molar-refractivity contribution in [3.05, 3.63) is 59.2 Å². The highest BCUT2D eigenvalue weighted by atomic mass is 16.5. The van der Waals surface area contributed by atoms with Crippen molar-refractivity contribution in [2.24, 2.45) is 0 Å². The molecular weight excluding hydrogens is 354 g/mol. The zero-order valence-corrected chi connectivity index (χ0v) is 16.6. The second kappa shape index (κ2) is 7.74. The third-order valence-corrected chi connectivity index (χ3v) is 5.89. The lowest BCUT2D eigenvalue weighted by Crippen LogP contribution is -2.47. The third-order valence-electron chi connectivity index (χ3n) is 5.89. The molecule has 0 aromatic heterocycles. The average molecular weight is 383 g/mol. The number of aliphatic hydroxyl groups is 2. The lowest BCUT2D eigenvalue weighted by molar-refractivity contribution is -0.0474. The largest absolute Gasteiger partial charge is 0.496 e. The van der Waals surface area contributed by atoms with E-state index in [1.54, 1.807) is 7.11 Å². The number of hydrogen-bond donors (Lipinski definition) is 2. The molecule has 2 heterocycles. The molecule has 0 unspecified atom stereocenters. The van der Waals surface area contributed by atoms with Crippen molar-refractivity contribution in [2.45, 2.75) is 44.0 Å². The van der Waals surface area contributed by atoms with E-state index in [4.69, 9.17) is 9.47 Å². The summed E-state index contributed by atoms with van der Waals surface area (Å²) < 4.78 is 11.2. The Morgan fingerprint density at radius 3 is 2.93 bits per heavy atom. The fourth-order valence-corrected chi connectivity index (χ4v) is 4.53. The van der Waals surface area contributed by atoms with Crippen LogP contribution >= 0.6 is 0 Å². The third kappa shape index (κ3) is 3.75. The van der Waals surface area contributed by atoms with Crippen molar-refractivity contribution < 1.29 is 19.7 Å². The normalized spacial score (nSPS) is 25.8. The van der Waals surface area contributed by atoms with Gasteiger partial charge in [0.25, 0.3) is 0 Å². The zero-order valence-electron chi connectivity index (χ0n) is 16.6. The maximum atomic E-state index is 11.3. The van der Waals surface area contributed by atoms with E-state index < -0.39 is 11.7 Å². The Bertz CT molecular complexity index is 839. The molecular formula is C23H29NO4. The molecule has 4 rings (SSSR count). The van der Waals surface area contributed by atoms with Gasteiger partial charge in [0, 0.05) is 25.1 Å². The van der Waals surface area contributed by atoms with Crippen LogP contribution in [0.4, 0.5) is 0 Å². The fraction of sp³-hybridized carbons (Fsp3) is 0.478. The van der Waals surface area contributed by atoms with E-state index in [9.17, 15) is 10.2 Å². The number of aliphatic hydroxyl groups excluding tert-OH is 1. The summed E-state index contributed by atoms with van der Waals surface area (Å²) in [5.41, 5.74) is 1.92. The number of benzene rings is 2. The molecule has 2 aliphatic heterocycles. The Morgan fingerprint density at radius 1 is 1.29 bits per heavy atom. The lowest BCUT2D eigenvalue weighted by Gasteiger charge is -2.40. The van der Waals surface area contributed by atoms with Gasteiger partial charge in [0.05, 0.1) is 13.2 Å². The van der Waals surface area contributed by atoms with Crippen LogP contribution in [-0.2, 0) is 12.0 Å². The summed E-state index contributed by atoms with van der Waals surface area (Å²) in [6, 6.07) is 13.6. The molecule has 0 radical (unpaired) electrons. The number of likely N-dealkylation sites (tertiary alicyclic amines) is 1. The first-order chi connectivity index (χ1) is 13.5. The van der Waals surface area contributed by atoms with Crippen LogP contribution in [0, 0.1) is 0 Å². The van der Waals surface area contributed by atoms with E-state index in [1.165, 1.54) is 0 Å². The zero-order chi connectivity index (χ0) is 19.7. The summed E-state index contributed by atoms with van der Waals surface area (Å²) >= 11 is 0. The number of fused-ring (bicyclic) bond motifs is 1. The molecule has 1 saturated heterocycles. The van der Waals surface area contributed by atoms with Crippen molar-refractivity contribution in [1.82, 2.24) is 4.90 Å². The van der Waals surface area contributed by atoms with Crippen LogP contribution in [0.25, 0.3) is 0 Å². The van der Waals surface area contributed by atoms with E-state index in [1.807, 2.05) is 36.4 Å². The number of ether oxygens (including phenoxy) is 2. The van der Waals surface area contributed by atoms with Crippen molar-refractivity contribution >= 4 is 0 Å². The molecule has 0 bridgehead atoms. The van der Waals surface area contributed by atoms with Crippen LogP contribution in [-0.4, -0.2) is 48.0 Å². The van der Waals surface area contributed by atoms with Gasteiger partial charge in [-0.25, -0.2) is 0 Å². The number of rotatable bonds is 5. The summed E-state index contributed by atoms with van der Waals surface area (Å²) in [6.07, 6.45) is 2.04. The summed E-state index contributed by atoms with van der Waals surface area (Å²) in [7, 11) is 1.63. The molecule has 3 atom stereocenters. The topological polar surface area (TPSA) is 62.2 Å². The highest BCUT2D eigenvalue weighted by Gasteiger charge is 2.37. The van der Waals surface area contributed by atoms with Gasteiger partial charge < -0.3 is 19.7 Å². The van der Waals surface area contributed by atoms with Gasteiger partial charge in [0.2, 0.25) is 0 Å². The average Bonchev–Trinajstić information content (AvgIpc) is 3.07. The number of nitrogens with zero attached hydrogens (tertiary/aromatic N) is 1. The maximum Gasteiger partial charge on any atom is 0.124 e. The van der Waals surface area contributed by atoms with Crippen molar-refractivity contribution in [1.29, 1.82) is 0 Å². The Hall–Kier alpha value is -2.08. The first kappa shape index (κ1) is 19.2. The van der Waals surface area contributed by atoms with Crippen LogP contribution in [0.2, 0.25) is 0 Å². The second-order valence-corrected chi connectivity index (χ2v) is 8.09. The molecule has 0 saturated carbocycles. The molecule has 2 aromatic rings.